The summed E-state index contributed by atoms with van der Waals surface area (Å²) >= 11 is 0. The molecule has 7 heteroatoms. The average molecular weight is 286 g/mol. The summed E-state index contributed by atoms with van der Waals surface area (Å²) < 4.78 is 32.5. The van der Waals surface area contributed by atoms with Crippen LogP contribution in [0.15, 0.2) is 18.2 Å². The molecule has 3 rings (SSSR count). The van der Waals surface area contributed by atoms with E-state index in [1.54, 1.807) is 12.1 Å². The van der Waals surface area contributed by atoms with E-state index in [4.69, 9.17) is 18.5 Å². The van der Waals surface area contributed by atoms with Crippen LogP contribution in [0.3, 0.4) is 0 Å². The average Bonchev–Trinajstić information content (AvgIpc) is 2.81. The Morgan fingerprint density at radius 3 is 2.95 bits per heavy atom. The van der Waals surface area contributed by atoms with Crippen molar-refractivity contribution in [2.45, 2.75) is 20.0 Å². The van der Waals surface area contributed by atoms with E-state index in [1.807, 2.05) is 19.9 Å². The summed E-state index contributed by atoms with van der Waals surface area (Å²) in [5, 5.41) is 0. The fourth-order valence-corrected chi connectivity index (χ4v) is 3.49. The molecule has 0 bridgehead atoms. The second-order valence-electron chi connectivity index (χ2n) is 5.30. The van der Waals surface area contributed by atoms with E-state index in [1.165, 1.54) is 0 Å². The molecule has 1 N–H and O–H groups in total. The Balaban J connectivity index is 2.05. The summed E-state index contributed by atoms with van der Waals surface area (Å²) in [6.07, 6.45) is -0.589. The number of hydrogen-bond acceptors (Lipinski definition) is 5. The lowest BCUT2D eigenvalue weighted by molar-refractivity contribution is -0.0481. The van der Waals surface area contributed by atoms with Gasteiger partial charge in [0.2, 0.25) is 6.79 Å². The van der Waals surface area contributed by atoms with Gasteiger partial charge >= 0.3 is 7.82 Å². The Hall–Kier alpha value is -1.07. The molecule has 0 spiro atoms. The van der Waals surface area contributed by atoms with Crippen molar-refractivity contribution in [3.63, 3.8) is 0 Å². The van der Waals surface area contributed by atoms with E-state index in [-0.39, 0.29) is 13.4 Å². The number of benzene rings is 1. The number of para-hydroxylation sites is 1. The molecule has 1 fully saturated rings. The van der Waals surface area contributed by atoms with E-state index in [9.17, 15) is 9.46 Å². The summed E-state index contributed by atoms with van der Waals surface area (Å²) in [4.78, 5) is 9.53. The Morgan fingerprint density at radius 1 is 1.37 bits per heavy atom. The van der Waals surface area contributed by atoms with Crippen LogP contribution < -0.4 is 9.47 Å². The number of ether oxygens (including phenoxy) is 2. The maximum absolute atomic E-state index is 11.6. The van der Waals surface area contributed by atoms with Gasteiger partial charge < -0.3 is 14.4 Å². The molecule has 1 unspecified atom stereocenters. The molecular weight excluding hydrogens is 271 g/mol. The van der Waals surface area contributed by atoms with Gasteiger partial charge in [0.1, 0.15) is 6.10 Å². The van der Waals surface area contributed by atoms with Crippen molar-refractivity contribution in [1.29, 1.82) is 0 Å². The number of phosphoric ester groups is 1. The van der Waals surface area contributed by atoms with Crippen LogP contribution in [0.4, 0.5) is 0 Å². The zero-order valence-electron chi connectivity index (χ0n) is 10.7. The van der Waals surface area contributed by atoms with Gasteiger partial charge in [0, 0.05) is 11.0 Å². The fourth-order valence-electron chi connectivity index (χ4n) is 2.27. The Morgan fingerprint density at radius 2 is 2.16 bits per heavy atom. The maximum atomic E-state index is 11.6. The standard InChI is InChI=1S/C12H15O6P/c1-12(2)6-17-19(13,14)18-11(12)8-4-3-5-9-10(8)16-7-15-9/h3-5,11H,6-7H2,1-2H3,(H,13,14)/t11-/m1/s1. The van der Waals surface area contributed by atoms with Crippen molar-refractivity contribution < 1.29 is 28.0 Å². The molecule has 0 aromatic heterocycles. The first-order chi connectivity index (χ1) is 8.89. The third-order valence-corrected chi connectivity index (χ3v) is 4.19. The first-order valence-electron chi connectivity index (χ1n) is 5.93. The topological polar surface area (TPSA) is 74.2 Å². The molecule has 6 nitrogen and oxygen atoms in total. The number of phosphoric acid groups is 1. The molecule has 0 radical (unpaired) electrons. The molecule has 1 aromatic rings. The molecule has 2 aliphatic heterocycles. The second-order valence-corrected chi connectivity index (χ2v) is 6.70. The summed E-state index contributed by atoms with van der Waals surface area (Å²) in [6.45, 7) is 4.10. The quantitative estimate of drug-likeness (QED) is 0.800. The fraction of sp³-hybridized carbons (Fsp3) is 0.500. The summed E-state index contributed by atoms with van der Waals surface area (Å²) in [5.41, 5.74) is 0.259. The van der Waals surface area contributed by atoms with Crippen LogP contribution in [-0.4, -0.2) is 18.3 Å². The number of fused-ring (bicyclic) bond motifs is 1. The van der Waals surface area contributed by atoms with Gasteiger partial charge in [0.05, 0.1) is 6.61 Å². The molecule has 1 aromatic carbocycles. The lowest BCUT2D eigenvalue weighted by atomic mass is 9.83. The summed E-state index contributed by atoms with van der Waals surface area (Å²) in [7, 11) is -4.01. The smallest absolute Gasteiger partial charge is 0.454 e. The maximum Gasteiger partial charge on any atom is 0.472 e. The van der Waals surface area contributed by atoms with Crippen molar-refractivity contribution in [2.75, 3.05) is 13.4 Å². The predicted octanol–water partition coefficient (Wildman–Crippen LogP) is 2.63. The van der Waals surface area contributed by atoms with Crippen molar-refractivity contribution in [3.8, 4) is 11.5 Å². The van der Waals surface area contributed by atoms with E-state index < -0.39 is 19.3 Å². The van der Waals surface area contributed by atoms with Crippen LogP contribution in [0, 0.1) is 5.41 Å². The molecule has 1 saturated heterocycles. The second kappa shape index (κ2) is 4.21. The Bertz CT molecular complexity index is 555. The third kappa shape index (κ3) is 2.25. The highest BCUT2D eigenvalue weighted by Gasteiger charge is 2.46. The molecule has 2 heterocycles. The highest BCUT2D eigenvalue weighted by atomic mass is 31.2. The summed E-state index contributed by atoms with van der Waals surface area (Å²) in [6, 6.07) is 5.40. The van der Waals surface area contributed by atoms with Crippen LogP contribution in [0.5, 0.6) is 11.5 Å². The lowest BCUT2D eigenvalue weighted by Gasteiger charge is -2.39. The van der Waals surface area contributed by atoms with Gasteiger partial charge in [-0.25, -0.2) is 4.57 Å². The van der Waals surface area contributed by atoms with Gasteiger partial charge in [-0.2, -0.15) is 0 Å². The van der Waals surface area contributed by atoms with Gasteiger partial charge in [0.25, 0.3) is 0 Å². The Labute approximate surface area is 110 Å². The molecule has 104 valence electrons. The first kappa shape index (κ1) is 12.9. The van der Waals surface area contributed by atoms with Crippen LogP contribution in [-0.2, 0) is 13.6 Å². The van der Waals surface area contributed by atoms with Crippen LogP contribution in [0.2, 0.25) is 0 Å². The zero-order valence-corrected chi connectivity index (χ0v) is 11.6. The van der Waals surface area contributed by atoms with Crippen molar-refractivity contribution in [1.82, 2.24) is 0 Å². The lowest BCUT2D eigenvalue weighted by Crippen LogP contribution is -2.33. The van der Waals surface area contributed by atoms with Gasteiger partial charge in [-0.3, -0.25) is 9.05 Å². The number of hydrogen-bond donors (Lipinski definition) is 1. The Kier molecular flexibility index (Phi) is 2.87. The van der Waals surface area contributed by atoms with E-state index in [0.29, 0.717) is 17.1 Å². The highest BCUT2D eigenvalue weighted by molar-refractivity contribution is 7.47. The third-order valence-electron chi connectivity index (χ3n) is 3.26. The predicted molar refractivity (Wildman–Crippen MR) is 65.9 cm³/mol. The van der Waals surface area contributed by atoms with Crippen LogP contribution >= 0.6 is 7.82 Å². The molecular formula is C12H15O6P. The normalized spacial score (nSPS) is 32.3. The number of rotatable bonds is 1. The van der Waals surface area contributed by atoms with Crippen molar-refractivity contribution in [2.24, 2.45) is 5.41 Å². The first-order valence-corrected chi connectivity index (χ1v) is 7.43. The summed E-state index contributed by atoms with van der Waals surface area (Å²) in [5.74, 6) is 1.19. The molecule has 0 aliphatic carbocycles. The van der Waals surface area contributed by atoms with Gasteiger partial charge in [-0.05, 0) is 6.07 Å². The monoisotopic (exact) mass is 286 g/mol. The highest BCUT2D eigenvalue weighted by Crippen LogP contribution is 2.59. The molecule has 2 atom stereocenters. The van der Waals surface area contributed by atoms with E-state index >= 15 is 0 Å². The SMILES string of the molecule is CC1(C)COP(=O)(O)O[C@@H]1c1cccc2c1OCO2. The minimum Gasteiger partial charge on any atom is -0.454 e. The molecule has 0 saturated carbocycles. The molecule has 19 heavy (non-hydrogen) atoms. The van der Waals surface area contributed by atoms with Gasteiger partial charge in [-0.1, -0.05) is 26.0 Å². The largest absolute Gasteiger partial charge is 0.472 e. The molecule has 0 amide bonds. The van der Waals surface area contributed by atoms with E-state index in [2.05, 4.69) is 0 Å². The van der Waals surface area contributed by atoms with Crippen molar-refractivity contribution in [3.05, 3.63) is 23.8 Å². The minimum atomic E-state index is -4.01. The van der Waals surface area contributed by atoms with Gasteiger partial charge in [-0.15, -0.1) is 0 Å². The molecule has 2 aliphatic rings. The zero-order chi connectivity index (χ0) is 13.7. The van der Waals surface area contributed by atoms with Crippen molar-refractivity contribution >= 4 is 7.82 Å². The van der Waals surface area contributed by atoms with Crippen LogP contribution in [0.25, 0.3) is 0 Å². The van der Waals surface area contributed by atoms with Crippen LogP contribution in [0.1, 0.15) is 25.5 Å². The van der Waals surface area contributed by atoms with Gasteiger partial charge in [0.15, 0.2) is 11.5 Å². The van der Waals surface area contributed by atoms with E-state index in [0.717, 1.165) is 0 Å². The minimum absolute atomic E-state index is 0.135.